The molecule has 3 N–H and O–H groups in total. The third-order valence-electron chi connectivity index (χ3n) is 8.71. The average molecular weight is 631 g/mol. The summed E-state index contributed by atoms with van der Waals surface area (Å²) in [5, 5.41) is 12.2. The van der Waals surface area contributed by atoms with Crippen LogP contribution in [0.2, 0.25) is 0 Å². The van der Waals surface area contributed by atoms with Crippen molar-refractivity contribution in [3.05, 3.63) is 47.7 Å². The Balaban J connectivity index is 1.26. The Hall–Kier alpha value is -3.52. The van der Waals surface area contributed by atoms with Crippen LogP contribution in [0.1, 0.15) is 61.9 Å². The van der Waals surface area contributed by atoms with E-state index in [2.05, 4.69) is 44.2 Å². The van der Waals surface area contributed by atoms with Gasteiger partial charge in [-0.05, 0) is 83.2 Å². The van der Waals surface area contributed by atoms with Gasteiger partial charge in [0.25, 0.3) is 5.91 Å². The van der Waals surface area contributed by atoms with Gasteiger partial charge in [-0.25, -0.2) is 14.6 Å². The van der Waals surface area contributed by atoms with E-state index in [1.54, 1.807) is 24.4 Å². The number of hydrogen-bond acceptors (Lipinski definition) is 9. The summed E-state index contributed by atoms with van der Waals surface area (Å²) >= 11 is 1.17. The number of aromatic nitrogens is 4. The molecule has 0 spiro atoms. The van der Waals surface area contributed by atoms with Crippen molar-refractivity contribution < 1.29 is 22.7 Å². The van der Waals surface area contributed by atoms with Gasteiger partial charge < -0.3 is 20.3 Å². The topological polar surface area (TPSA) is 109 Å². The molecule has 1 amide bonds. The number of alkyl halides is 3. The van der Waals surface area contributed by atoms with Gasteiger partial charge in [0.05, 0.1) is 17.6 Å². The van der Waals surface area contributed by atoms with Crippen molar-refractivity contribution in [3.8, 4) is 11.7 Å². The SMILES string of the molecule is Cc1ccc2nc1SNC(=O)c1ccc(-n3ccc(OCCC4(C(F)(F)F)CC4)n3)nc1N1CC(CC1(C)C)NCCCN2. The van der Waals surface area contributed by atoms with Gasteiger partial charge in [0.15, 0.2) is 5.82 Å². The maximum absolute atomic E-state index is 13.6. The number of rotatable bonds is 5. The number of pyridine rings is 2. The summed E-state index contributed by atoms with van der Waals surface area (Å²) in [6.45, 7) is 8.42. The van der Waals surface area contributed by atoms with E-state index in [-0.39, 0.29) is 49.2 Å². The molecule has 0 radical (unpaired) electrons. The van der Waals surface area contributed by atoms with Crippen LogP contribution in [0.15, 0.2) is 41.6 Å². The van der Waals surface area contributed by atoms with Crippen LogP contribution in [0.3, 0.4) is 0 Å². The van der Waals surface area contributed by atoms with E-state index in [9.17, 15) is 18.0 Å². The Bertz CT molecular complexity index is 1520. The summed E-state index contributed by atoms with van der Waals surface area (Å²) in [7, 11) is 0. The zero-order valence-electron chi connectivity index (χ0n) is 25.0. The highest BCUT2D eigenvalue weighted by molar-refractivity contribution is 7.98. The molecule has 3 aromatic heterocycles. The monoisotopic (exact) mass is 630 g/mol. The number of hydrogen-bond donors (Lipinski definition) is 3. The predicted molar refractivity (Wildman–Crippen MR) is 162 cm³/mol. The lowest BCUT2D eigenvalue weighted by Gasteiger charge is -2.33. The fraction of sp³-hybridized carbons (Fsp3) is 0.533. The first-order valence-electron chi connectivity index (χ1n) is 14.9. The average Bonchev–Trinajstić information content (AvgIpc) is 3.52. The van der Waals surface area contributed by atoms with Gasteiger partial charge in [-0.3, -0.25) is 9.52 Å². The Labute approximate surface area is 258 Å². The number of ether oxygens (including phenoxy) is 1. The molecule has 236 valence electrons. The number of nitrogens with one attached hydrogen (secondary N) is 3. The normalized spacial score (nSPS) is 21.3. The van der Waals surface area contributed by atoms with Gasteiger partial charge in [0.1, 0.15) is 16.7 Å². The zero-order chi connectivity index (χ0) is 31.1. The second-order valence-electron chi connectivity index (χ2n) is 12.4. The highest BCUT2D eigenvalue weighted by Gasteiger charge is 2.62. The molecule has 4 bridgehead atoms. The van der Waals surface area contributed by atoms with E-state index < -0.39 is 11.6 Å². The predicted octanol–water partition coefficient (Wildman–Crippen LogP) is 5.28. The summed E-state index contributed by atoms with van der Waals surface area (Å²) in [6.07, 6.45) is -0.588. The van der Waals surface area contributed by atoms with E-state index in [1.165, 1.54) is 16.6 Å². The molecule has 5 heterocycles. The molecule has 1 saturated carbocycles. The molecule has 3 aliphatic rings. The lowest BCUT2D eigenvalue weighted by atomic mass is 9.99. The highest BCUT2D eigenvalue weighted by atomic mass is 32.2. The molecule has 44 heavy (non-hydrogen) atoms. The molecule has 2 fully saturated rings. The van der Waals surface area contributed by atoms with Crippen molar-refractivity contribution in [2.45, 2.75) is 75.7 Å². The van der Waals surface area contributed by atoms with Crippen molar-refractivity contribution in [2.24, 2.45) is 5.41 Å². The summed E-state index contributed by atoms with van der Waals surface area (Å²) in [5.41, 5.74) is -0.554. The number of anilines is 2. The van der Waals surface area contributed by atoms with Crippen LogP contribution in [0.5, 0.6) is 5.88 Å². The number of carbonyl (C=O) groups is 1. The second kappa shape index (κ2) is 11.8. The van der Waals surface area contributed by atoms with Gasteiger partial charge in [-0.15, -0.1) is 5.10 Å². The molecule has 0 aromatic carbocycles. The third kappa shape index (κ3) is 6.32. The first kappa shape index (κ1) is 30.5. The Morgan fingerprint density at radius 3 is 2.70 bits per heavy atom. The Morgan fingerprint density at radius 2 is 1.93 bits per heavy atom. The van der Waals surface area contributed by atoms with E-state index in [1.807, 2.05) is 19.1 Å². The molecule has 10 nitrogen and oxygen atoms in total. The summed E-state index contributed by atoms with van der Waals surface area (Å²) in [6, 6.07) is 9.15. The maximum atomic E-state index is 13.6. The Morgan fingerprint density at radius 1 is 1.11 bits per heavy atom. The van der Waals surface area contributed by atoms with Gasteiger partial charge in [-0.1, -0.05) is 6.07 Å². The summed E-state index contributed by atoms with van der Waals surface area (Å²) in [4.78, 5) is 25.4. The molecule has 2 aliphatic heterocycles. The molecular weight excluding hydrogens is 593 g/mol. The van der Waals surface area contributed by atoms with Gasteiger partial charge >= 0.3 is 6.18 Å². The standard InChI is InChI=1S/C30H37F3N8O2S/c1-19-5-7-22-35-14-4-13-34-20-17-28(2,3)40(18-20)25-21(26(42)39-44-27(19)36-22)6-8-23(37-25)41-15-9-24(38-41)43-16-12-29(10-11-29)30(31,32)33/h5-9,15,20,34H,4,10-14,16-18H2,1-3H3,(H,35,36)(H,39,42). The molecule has 1 unspecified atom stereocenters. The van der Waals surface area contributed by atoms with Crippen LogP contribution in [0, 0.1) is 12.3 Å². The van der Waals surface area contributed by atoms with Gasteiger partial charge in [-0.2, -0.15) is 13.2 Å². The fourth-order valence-electron chi connectivity index (χ4n) is 5.87. The van der Waals surface area contributed by atoms with Crippen LogP contribution in [0.25, 0.3) is 5.82 Å². The minimum Gasteiger partial charge on any atom is -0.477 e. The number of carbonyl (C=O) groups excluding carboxylic acids is 1. The largest absolute Gasteiger partial charge is 0.477 e. The van der Waals surface area contributed by atoms with Crippen LogP contribution in [-0.2, 0) is 0 Å². The van der Waals surface area contributed by atoms with E-state index >= 15 is 0 Å². The van der Waals surface area contributed by atoms with E-state index in [0.717, 1.165) is 37.3 Å². The van der Waals surface area contributed by atoms with Crippen molar-refractivity contribution in [1.82, 2.24) is 29.8 Å². The zero-order valence-corrected chi connectivity index (χ0v) is 25.8. The quantitative estimate of drug-likeness (QED) is 0.325. The van der Waals surface area contributed by atoms with Crippen molar-refractivity contribution in [2.75, 3.05) is 36.5 Å². The van der Waals surface area contributed by atoms with Crippen LogP contribution >= 0.6 is 11.9 Å². The minimum atomic E-state index is -4.22. The lowest BCUT2D eigenvalue weighted by molar-refractivity contribution is -0.190. The smallest absolute Gasteiger partial charge is 0.394 e. The van der Waals surface area contributed by atoms with Crippen molar-refractivity contribution in [3.63, 3.8) is 0 Å². The number of aryl methyl sites for hydroxylation is 1. The Kier molecular flexibility index (Phi) is 8.16. The number of amides is 1. The van der Waals surface area contributed by atoms with Crippen LogP contribution < -0.4 is 25.0 Å². The maximum Gasteiger partial charge on any atom is 0.394 e. The first-order valence-corrected chi connectivity index (χ1v) is 15.7. The van der Waals surface area contributed by atoms with Gasteiger partial charge in [0, 0.05) is 48.9 Å². The summed E-state index contributed by atoms with van der Waals surface area (Å²) in [5.74, 6) is 1.67. The highest BCUT2D eigenvalue weighted by Crippen LogP contribution is 2.59. The van der Waals surface area contributed by atoms with Crippen molar-refractivity contribution in [1.29, 1.82) is 0 Å². The third-order valence-corrected chi connectivity index (χ3v) is 9.60. The van der Waals surface area contributed by atoms with E-state index in [4.69, 9.17) is 9.72 Å². The molecule has 1 saturated heterocycles. The fourth-order valence-corrected chi connectivity index (χ4v) is 6.54. The molecule has 1 atom stereocenters. The molecule has 14 heteroatoms. The molecule has 1 aliphatic carbocycles. The first-order chi connectivity index (χ1) is 20.9. The molecule has 6 rings (SSSR count). The van der Waals surface area contributed by atoms with Crippen LogP contribution in [0.4, 0.5) is 24.8 Å². The molecule has 3 aromatic rings. The van der Waals surface area contributed by atoms with Crippen LogP contribution in [-0.4, -0.2) is 69.7 Å². The number of nitrogens with zero attached hydrogens (tertiary/aromatic N) is 5. The summed E-state index contributed by atoms with van der Waals surface area (Å²) < 4.78 is 49.9. The lowest BCUT2D eigenvalue weighted by Crippen LogP contribution is -2.40. The number of fused-ring (bicyclic) bond motifs is 6. The second-order valence-corrected chi connectivity index (χ2v) is 13.2. The van der Waals surface area contributed by atoms with E-state index in [0.29, 0.717) is 28.8 Å². The van der Waals surface area contributed by atoms with Gasteiger partial charge in [0.2, 0.25) is 5.88 Å². The van der Waals surface area contributed by atoms with Crippen molar-refractivity contribution >= 4 is 29.5 Å². The number of halogens is 3. The molecular formula is C30H37F3N8O2S. The minimum absolute atomic E-state index is 0.0738.